The van der Waals surface area contributed by atoms with Crippen molar-refractivity contribution < 1.29 is 23.8 Å². The molecule has 0 aliphatic rings. The average Bonchev–Trinajstić information content (AvgIpc) is 3.38. The summed E-state index contributed by atoms with van der Waals surface area (Å²) in [4.78, 5) is 28.9. The predicted octanol–water partition coefficient (Wildman–Crippen LogP) is 6.23. The second-order valence-corrected chi connectivity index (χ2v) is 8.75. The molecule has 4 aromatic carbocycles. The molecule has 0 spiro atoms. The van der Waals surface area contributed by atoms with Gasteiger partial charge in [-0.05, 0) is 66.6 Å². The number of carbonyl (C=O) groups is 2. The highest BCUT2D eigenvalue weighted by molar-refractivity contribution is 6.10. The van der Waals surface area contributed by atoms with Crippen LogP contribution < -0.4 is 19.6 Å². The van der Waals surface area contributed by atoms with Crippen LogP contribution in [0.2, 0.25) is 0 Å². The first kappa shape index (κ1) is 26.2. The fourth-order valence-corrected chi connectivity index (χ4v) is 4.31. The van der Waals surface area contributed by atoms with Gasteiger partial charge in [-0.25, -0.2) is 10.2 Å². The van der Waals surface area contributed by atoms with Gasteiger partial charge in [-0.15, -0.1) is 0 Å². The van der Waals surface area contributed by atoms with E-state index in [2.05, 4.69) is 15.5 Å². The Labute approximate surface area is 231 Å². The summed E-state index contributed by atoms with van der Waals surface area (Å²) in [6.07, 6.45) is 1.49. The van der Waals surface area contributed by atoms with Crippen LogP contribution in [0.1, 0.15) is 33.3 Å². The Balaban J connectivity index is 1.36. The van der Waals surface area contributed by atoms with Crippen molar-refractivity contribution in [3.63, 3.8) is 0 Å². The van der Waals surface area contributed by atoms with Crippen LogP contribution in [0, 0.1) is 0 Å². The van der Waals surface area contributed by atoms with Crippen molar-refractivity contribution in [2.24, 2.45) is 5.10 Å². The van der Waals surface area contributed by atoms with Gasteiger partial charge in [-0.3, -0.25) is 4.79 Å². The van der Waals surface area contributed by atoms with Crippen molar-refractivity contribution in [2.45, 2.75) is 6.92 Å². The monoisotopic (exact) mass is 533 g/mol. The summed E-state index contributed by atoms with van der Waals surface area (Å²) >= 11 is 0. The molecule has 2 N–H and O–H groups in total. The Morgan fingerprint density at radius 1 is 0.900 bits per heavy atom. The van der Waals surface area contributed by atoms with Gasteiger partial charge in [0.2, 0.25) is 0 Å². The maximum atomic E-state index is 13.3. The van der Waals surface area contributed by atoms with E-state index >= 15 is 0 Å². The van der Waals surface area contributed by atoms with E-state index in [1.165, 1.54) is 13.3 Å². The zero-order chi connectivity index (χ0) is 27.9. The van der Waals surface area contributed by atoms with Crippen molar-refractivity contribution in [3.8, 4) is 28.4 Å². The summed E-state index contributed by atoms with van der Waals surface area (Å²) in [5, 5.41) is 5.02. The quantitative estimate of drug-likeness (QED) is 0.101. The lowest BCUT2D eigenvalue weighted by Gasteiger charge is -2.10. The molecule has 0 fully saturated rings. The molecular weight excluding hydrogens is 506 g/mol. The molecule has 0 saturated heterocycles. The van der Waals surface area contributed by atoms with Crippen molar-refractivity contribution in [1.82, 2.24) is 10.4 Å². The lowest BCUT2D eigenvalue weighted by Crippen LogP contribution is -2.18. The van der Waals surface area contributed by atoms with Crippen molar-refractivity contribution in [1.29, 1.82) is 0 Å². The van der Waals surface area contributed by atoms with Gasteiger partial charge in [0, 0.05) is 16.5 Å². The summed E-state index contributed by atoms with van der Waals surface area (Å²) in [5.41, 5.74) is 6.51. The second kappa shape index (κ2) is 12.0. The molecule has 8 heteroatoms. The number of nitrogens with zero attached hydrogens (tertiary/aromatic N) is 1. The average molecular weight is 534 g/mol. The minimum atomic E-state index is -0.492. The zero-order valence-corrected chi connectivity index (χ0v) is 22.0. The molecule has 0 saturated carbocycles. The molecule has 0 bridgehead atoms. The van der Waals surface area contributed by atoms with Crippen LogP contribution in [0.5, 0.6) is 17.2 Å². The number of methoxy groups -OCH3 is 1. The van der Waals surface area contributed by atoms with Crippen molar-refractivity contribution in [3.05, 3.63) is 114 Å². The van der Waals surface area contributed by atoms with E-state index in [1.807, 2.05) is 61.5 Å². The SMILES string of the molecule is CCOc1ccc2[nH]c(C(=O)NN=Cc3ccc(OC(=O)c4ccccc4)c(OC)c3)c(-c3ccccc3)c2c1. The first-order chi connectivity index (χ1) is 19.6. The van der Waals surface area contributed by atoms with Crippen LogP contribution in [0.3, 0.4) is 0 Å². The van der Waals surface area contributed by atoms with Gasteiger partial charge in [-0.2, -0.15) is 5.10 Å². The van der Waals surface area contributed by atoms with E-state index in [-0.39, 0.29) is 5.75 Å². The smallest absolute Gasteiger partial charge is 0.343 e. The van der Waals surface area contributed by atoms with E-state index in [0.29, 0.717) is 29.2 Å². The van der Waals surface area contributed by atoms with E-state index < -0.39 is 11.9 Å². The summed E-state index contributed by atoms with van der Waals surface area (Å²) in [6, 6.07) is 29.1. The van der Waals surface area contributed by atoms with Gasteiger partial charge in [-0.1, -0.05) is 48.5 Å². The van der Waals surface area contributed by atoms with Crippen molar-refractivity contribution in [2.75, 3.05) is 13.7 Å². The van der Waals surface area contributed by atoms with Crippen LogP contribution in [-0.2, 0) is 0 Å². The molecule has 0 atom stereocenters. The van der Waals surface area contributed by atoms with Crippen molar-refractivity contribution >= 4 is 29.0 Å². The first-order valence-electron chi connectivity index (χ1n) is 12.7. The largest absolute Gasteiger partial charge is 0.494 e. The Morgan fingerprint density at radius 3 is 2.38 bits per heavy atom. The van der Waals surface area contributed by atoms with Gasteiger partial charge in [0.15, 0.2) is 11.5 Å². The summed E-state index contributed by atoms with van der Waals surface area (Å²) in [5.74, 6) is 0.460. The lowest BCUT2D eigenvalue weighted by atomic mass is 10.0. The molecule has 0 radical (unpaired) electrons. The number of hydrazone groups is 1. The lowest BCUT2D eigenvalue weighted by molar-refractivity contribution is 0.0729. The highest BCUT2D eigenvalue weighted by Gasteiger charge is 2.20. The number of carbonyl (C=O) groups excluding carboxylic acids is 2. The van der Waals surface area contributed by atoms with Crippen LogP contribution in [0.4, 0.5) is 0 Å². The van der Waals surface area contributed by atoms with Gasteiger partial charge in [0.1, 0.15) is 11.4 Å². The van der Waals surface area contributed by atoms with Crippen LogP contribution in [0.15, 0.2) is 102 Å². The summed E-state index contributed by atoms with van der Waals surface area (Å²) < 4.78 is 16.6. The molecule has 0 unspecified atom stereocenters. The molecule has 0 aliphatic carbocycles. The maximum Gasteiger partial charge on any atom is 0.343 e. The zero-order valence-electron chi connectivity index (χ0n) is 22.0. The molecule has 0 aliphatic heterocycles. The number of esters is 1. The number of ether oxygens (including phenoxy) is 3. The minimum Gasteiger partial charge on any atom is -0.494 e. The number of amides is 1. The number of rotatable bonds is 9. The maximum absolute atomic E-state index is 13.3. The van der Waals surface area contributed by atoms with E-state index in [0.717, 1.165) is 27.8 Å². The third kappa shape index (κ3) is 5.71. The second-order valence-electron chi connectivity index (χ2n) is 8.75. The number of benzene rings is 4. The van der Waals surface area contributed by atoms with Crippen LogP contribution >= 0.6 is 0 Å². The molecule has 1 amide bonds. The number of fused-ring (bicyclic) bond motifs is 1. The minimum absolute atomic E-state index is 0.273. The highest BCUT2D eigenvalue weighted by atomic mass is 16.6. The standard InChI is InChI=1S/C32H27N3O5/c1-3-39-24-15-16-26-25(19-24)29(22-10-6-4-7-11-22)30(34-26)31(36)35-33-20-21-14-17-27(28(18-21)38-2)40-32(37)23-12-8-5-9-13-23/h4-20,34H,3H2,1-2H3,(H,35,36). The molecule has 200 valence electrons. The number of H-pyrrole nitrogens is 1. The third-order valence-electron chi connectivity index (χ3n) is 6.15. The fourth-order valence-electron chi connectivity index (χ4n) is 4.31. The first-order valence-corrected chi connectivity index (χ1v) is 12.7. The summed E-state index contributed by atoms with van der Waals surface area (Å²) in [7, 11) is 1.48. The molecule has 5 aromatic rings. The van der Waals surface area contributed by atoms with Crippen LogP contribution in [0.25, 0.3) is 22.0 Å². The molecule has 1 heterocycles. The topological polar surface area (TPSA) is 102 Å². The molecule has 40 heavy (non-hydrogen) atoms. The number of hydrogen-bond donors (Lipinski definition) is 2. The van der Waals surface area contributed by atoms with Gasteiger partial charge in [0.25, 0.3) is 5.91 Å². The summed E-state index contributed by atoms with van der Waals surface area (Å²) in [6.45, 7) is 2.47. The molecular formula is C32H27N3O5. The number of aromatic nitrogens is 1. The van der Waals surface area contributed by atoms with E-state index in [4.69, 9.17) is 14.2 Å². The third-order valence-corrected chi connectivity index (χ3v) is 6.15. The van der Waals surface area contributed by atoms with Gasteiger partial charge in [0.05, 0.1) is 25.5 Å². The predicted molar refractivity (Wildman–Crippen MR) is 154 cm³/mol. The number of nitrogens with one attached hydrogen (secondary N) is 2. The highest BCUT2D eigenvalue weighted by Crippen LogP contribution is 2.35. The molecule has 5 rings (SSSR count). The Hall–Kier alpha value is -5.37. The van der Waals surface area contributed by atoms with Gasteiger partial charge < -0.3 is 19.2 Å². The van der Waals surface area contributed by atoms with E-state index in [9.17, 15) is 9.59 Å². The Morgan fingerprint density at radius 2 is 1.65 bits per heavy atom. The number of hydrogen-bond acceptors (Lipinski definition) is 6. The normalized spacial score (nSPS) is 10.9. The Kier molecular flexibility index (Phi) is 7.87. The molecule has 8 nitrogen and oxygen atoms in total. The molecule has 1 aromatic heterocycles. The fraction of sp³-hybridized carbons (Fsp3) is 0.0938. The van der Waals surface area contributed by atoms with E-state index in [1.54, 1.807) is 42.5 Å². The number of aromatic amines is 1. The Bertz CT molecular complexity index is 1680. The van der Waals surface area contributed by atoms with Crippen LogP contribution in [-0.4, -0.2) is 36.8 Å². The van der Waals surface area contributed by atoms with Gasteiger partial charge >= 0.3 is 5.97 Å².